The van der Waals surface area contributed by atoms with E-state index in [4.69, 9.17) is 0 Å². The quantitative estimate of drug-likeness (QED) is 0.272. The Kier molecular flexibility index (Phi) is 5.26. The molecule has 0 heterocycles. The predicted octanol–water partition coefficient (Wildman–Crippen LogP) is 2.70. The molecule has 1 radical (unpaired) electrons. The molecule has 0 aliphatic rings. The van der Waals surface area contributed by atoms with Crippen molar-refractivity contribution >= 4 is 38.0 Å². The average molecular weight is 375 g/mol. The van der Waals surface area contributed by atoms with Gasteiger partial charge < -0.3 is 0 Å². The molecule has 6 nitrogen and oxygen atoms in total. The monoisotopic (exact) mass is 376 g/mol. The van der Waals surface area contributed by atoms with Gasteiger partial charge in [0.1, 0.15) is 0 Å². The minimum absolute atomic E-state index is 0.0643. The van der Waals surface area contributed by atoms with Crippen LogP contribution in [0, 0.1) is 17.0 Å². The van der Waals surface area contributed by atoms with Crippen LogP contribution in [-0.2, 0) is 0 Å². The Bertz CT molecular complexity index is 755. The van der Waals surface area contributed by atoms with Crippen molar-refractivity contribution in [3.05, 3.63) is 69.8 Å². The van der Waals surface area contributed by atoms with Gasteiger partial charge in [0.05, 0.1) is 0 Å². The van der Waals surface area contributed by atoms with Gasteiger partial charge in [0.25, 0.3) is 0 Å². The molecule has 0 N–H and O–H groups in total. The molecule has 0 unspecified atom stereocenters. The van der Waals surface area contributed by atoms with Gasteiger partial charge in [-0.1, -0.05) is 0 Å². The van der Waals surface area contributed by atoms with Crippen molar-refractivity contribution in [2.75, 3.05) is 11.9 Å². The third kappa shape index (κ3) is 4.25. The number of amidine groups is 1. The maximum atomic E-state index is 12.1. The molecule has 7 heteroatoms. The van der Waals surface area contributed by atoms with Crippen LogP contribution in [0.5, 0.6) is 0 Å². The van der Waals surface area contributed by atoms with Gasteiger partial charge in [-0.3, -0.25) is 0 Å². The third-order valence-electron chi connectivity index (χ3n) is 3.23. The number of benzene rings is 2. The second-order valence-corrected chi connectivity index (χ2v) is 5.66. The summed E-state index contributed by atoms with van der Waals surface area (Å²) in [5, 5.41) is 10.6. The molecule has 117 valence electrons. The average Bonchev–Trinajstić information content (AvgIpc) is 2.54. The molecule has 0 atom stereocenters. The van der Waals surface area contributed by atoms with Crippen molar-refractivity contribution in [1.29, 1.82) is 0 Å². The molecule has 2 aromatic carbocycles. The summed E-state index contributed by atoms with van der Waals surface area (Å²) in [6, 6.07) is 13.1. The van der Waals surface area contributed by atoms with E-state index in [-0.39, 0.29) is 5.69 Å². The van der Waals surface area contributed by atoms with E-state index < -0.39 is 10.8 Å². The first-order valence-electron chi connectivity index (χ1n) is 6.73. The van der Waals surface area contributed by atoms with Gasteiger partial charge >= 0.3 is 141 Å². The van der Waals surface area contributed by atoms with Crippen molar-refractivity contribution in [2.24, 2.45) is 4.99 Å². The first-order chi connectivity index (χ1) is 10.9. The Morgan fingerprint density at radius 3 is 2.22 bits per heavy atom. The zero-order valence-electron chi connectivity index (χ0n) is 12.6. The Labute approximate surface area is 141 Å². The number of hydrogen-bond acceptors (Lipinski definition) is 3. The number of anilines is 1. The van der Waals surface area contributed by atoms with Crippen molar-refractivity contribution in [3.8, 4) is 0 Å². The Hall–Kier alpha value is -2.50. The van der Waals surface area contributed by atoms with Crippen LogP contribution in [0.25, 0.3) is 0 Å². The predicted molar refractivity (Wildman–Crippen MR) is 90.2 cm³/mol. The van der Waals surface area contributed by atoms with Crippen molar-refractivity contribution < 1.29 is 9.72 Å². The fraction of sp³-hybridized carbons (Fsp3) is 0.125. The Balaban J connectivity index is 2.17. The number of amides is 1. The number of aryl methyl sites for hydroxylation is 1. The molecule has 2 rings (SSSR count). The number of nitro benzene ring substituents is 1. The van der Waals surface area contributed by atoms with Gasteiger partial charge in [0.2, 0.25) is 0 Å². The van der Waals surface area contributed by atoms with Crippen molar-refractivity contribution in [2.45, 2.75) is 6.92 Å². The van der Waals surface area contributed by atoms with Gasteiger partial charge in [-0.25, -0.2) is 0 Å². The summed E-state index contributed by atoms with van der Waals surface area (Å²) in [5.74, 6) is -0.465. The van der Waals surface area contributed by atoms with Crippen LogP contribution >= 0.6 is 0 Å². The molecule has 0 aliphatic heterocycles. The second kappa shape index (κ2) is 7.17. The fourth-order valence-corrected chi connectivity index (χ4v) is 2.23. The normalized spacial score (nSPS) is 11.1. The maximum absolute atomic E-state index is 12.1. The Morgan fingerprint density at radius 2 is 1.70 bits per heavy atom. The van der Waals surface area contributed by atoms with E-state index in [9.17, 15) is 14.9 Å². The summed E-state index contributed by atoms with van der Waals surface area (Å²) in [5.41, 5.74) is 2.26. The van der Waals surface area contributed by atoms with E-state index >= 15 is 0 Å². The summed E-state index contributed by atoms with van der Waals surface area (Å²) in [4.78, 5) is 28.0. The summed E-state index contributed by atoms with van der Waals surface area (Å²) >= 11 is 2.77. The van der Waals surface area contributed by atoms with Crippen LogP contribution < -0.4 is 4.90 Å². The van der Waals surface area contributed by atoms with Crippen LogP contribution in [-0.4, -0.2) is 38.6 Å². The number of carbonyl (C=O) groups excluding carboxylic acids is 1. The van der Waals surface area contributed by atoms with E-state index in [1.165, 1.54) is 24.3 Å². The molecule has 0 aliphatic carbocycles. The topological polar surface area (TPSA) is 75.8 Å². The standard InChI is InChI=1S/C16H14N3O3Se/c1-11-3-7-13(8-4-11)18(2)16(23)17-15(20)12-5-9-14(10-6-12)19(21)22/h3-10H,1-2H3. The minimum atomic E-state index is -0.512. The second-order valence-electron chi connectivity index (χ2n) is 4.90. The SMILES string of the molecule is Cc1ccc(N(C)C([Se])=NC(=O)c2ccc([N+](=O)[O-])cc2)cc1. The first kappa shape index (κ1) is 16.9. The number of hydrogen-bond donors (Lipinski definition) is 0. The van der Waals surface area contributed by atoms with Crippen LogP contribution in [0.3, 0.4) is 0 Å². The molecule has 2 aromatic rings. The number of nitrogens with zero attached hydrogens (tertiary/aromatic N) is 3. The van der Waals surface area contributed by atoms with E-state index in [1.807, 2.05) is 31.2 Å². The summed E-state index contributed by atoms with van der Waals surface area (Å²) < 4.78 is 0.414. The van der Waals surface area contributed by atoms with E-state index in [0.29, 0.717) is 10.3 Å². The first-order valence-corrected chi connectivity index (χ1v) is 7.59. The molecule has 0 saturated heterocycles. The van der Waals surface area contributed by atoms with Crippen LogP contribution in [0.15, 0.2) is 53.5 Å². The van der Waals surface area contributed by atoms with Gasteiger partial charge in [0, 0.05) is 0 Å². The van der Waals surface area contributed by atoms with Crippen LogP contribution in [0.2, 0.25) is 0 Å². The third-order valence-corrected chi connectivity index (χ3v) is 4.00. The van der Waals surface area contributed by atoms with E-state index in [1.54, 1.807) is 11.9 Å². The fourth-order valence-electron chi connectivity index (χ4n) is 1.83. The molecule has 0 aromatic heterocycles. The molecule has 0 bridgehead atoms. The zero-order chi connectivity index (χ0) is 17.0. The molecular formula is C16H14N3O3Se. The zero-order valence-corrected chi connectivity index (χ0v) is 14.3. The number of aliphatic imine (C=N–C) groups is 1. The van der Waals surface area contributed by atoms with Gasteiger partial charge in [-0.15, -0.1) is 0 Å². The van der Waals surface area contributed by atoms with Gasteiger partial charge in [-0.05, 0) is 0 Å². The molecule has 23 heavy (non-hydrogen) atoms. The van der Waals surface area contributed by atoms with Gasteiger partial charge in [-0.2, -0.15) is 0 Å². The summed E-state index contributed by atoms with van der Waals surface area (Å²) in [7, 11) is 1.79. The molecule has 0 spiro atoms. The van der Waals surface area contributed by atoms with Crippen molar-refractivity contribution in [3.63, 3.8) is 0 Å². The number of rotatable bonds is 3. The van der Waals surface area contributed by atoms with Crippen LogP contribution in [0.4, 0.5) is 11.4 Å². The Morgan fingerprint density at radius 1 is 1.13 bits per heavy atom. The molecule has 0 fully saturated rings. The molecule has 1 amide bonds. The number of carbonyl (C=O) groups is 1. The summed E-state index contributed by atoms with van der Waals surface area (Å²) in [6.07, 6.45) is 0. The number of nitro groups is 1. The summed E-state index contributed by atoms with van der Waals surface area (Å²) in [6.45, 7) is 2.00. The van der Waals surface area contributed by atoms with Crippen molar-refractivity contribution in [1.82, 2.24) is 0 Å². The van der Waals surface area contributed by atoms with E-state index in [2.05, 4.69) is 21.0 Å². The molecular weight excluding hydrogens is 361 g/mol. The van der Waals surface area contributed by atoms with E-state index in [0.717, 1.165) is 11.3 Å². The molecule has 0 saturated carbocycles. The number of non-ortho nitro benzene ring substituents is 1. The van der Waals surface area contributed by atoms with Crippen LogP contribution in [0.1, 0.15) is 15.9 Å². The van der Waals surface area contributed by atoms with Gasteiger partial charge in [0.15, 0.2) is 0 Å².